The van der Waals surface area contributed by atoms with Crippen LogP contribution in [0.3, 0.4) is 0 Å². The van der Waals surface area contributed by atoms with Gasteiger partial charge in [0, 0.05) is 6.42 Å². The third kappa shape index (κ3) is 16.9. The highest BCUT2D eigenvalue weighted by molar-refractivity contribution is 5.69. The fourth-order valence-corrected chi connectivity index (χ4v) is 2.43. The van der Waals surface area contributed by atoms with Gasteiger partial charge < -0.3 is 4.84 Å². The average molecular weight is 299 g/mol. The lowest BCUT2D eigenvalue weighted by Gasteiger charge is -2.03. The highest BCUT2D eigenvalue weighted by Gasteiger charge is 2.01. The van der Waals surface area contributed by atoms with E-state index in [0.717, 1.165) is 12.8 Å². The number of unbranched alkanes of at least 4 members (excludes halogenated alkanes) is 12. The van der Waals surface area contributed by atoms with Gasteiger partial charge in [0.2, 0.25) is 6.41 Å². The Balaban J connectivity index is 3.05. The first-order valence-corrected chi connectivity index (χ1v) is 8.70. The van der Waals surface area contributed by atoms with Crippen LogP contribution in [0.25, 0.3) is 0 Å². The molecule has 4 heteroatoms. The molecule has 0 aromatic rings. The first-order chi connectivity index (χ1) is 10.3. The Morgan fingerprint density at radius 1 is 0.810 bits per heavy atom. The third-order valence-electron chi connectivity index (χ3n) is 3.71. The van der Waals surface area contributed by atoms with Gasteiger partial charge in [0.25, 0.3) is 0 Å². The quantitative estimate of drug-likeness (QED) is 0.256. The molecule has 0 saturated carbocycles. The van der Waals surface area contributed by atoms with Crippen molar-refractivity contribution < 1.29 is 14.4 Å². The lowest BCUT2D eigenvalue weighted by atomic mass is 10.0. The fraction of sp³-hybridized carbons (Fsp3) is 0.882. The molecule has 1 amide bonds. The molecule has 0 fully saturated rings. The van der Waals surface area contributed by atoms with Crippen molar-refractivity contribution in [3.63, 3.8) is 0 Å². The van der Waals surface area contributed by atoms with E-state index in [2.05, 4.69) is 11.8 Å². The molecule has 0 spiro atoms. The second kappa shape index (κ2) is 17.0. The maximum absolute atomic E-state index is 11.1. The van der Waals surface area contributed by atoms with Crippen LogP contribution < -0.4 is 5.48 Å². The van der Waals surface area contributed by atoms with Crippen LogP contribution in [-0.4, -0.2) is 12.4 Å². The number of rotatable bonds is 16. The van der Waals surface area contributed by atoms with Gasteiger partial charge in [0.15, 0.2) is 0 Å². The van der Waals surface area contributed by atoms with Crippen LogP contribution in [0.15, 0.2) is 0 Å². The van der Waals surface area contributed by atoms with E-state index in [1.165, 1.54) is 70.6 Å². The SMILES string of the molecule is CCCCCCCCCCCCCCCC(=O)ONC=O. The topological polar surface area (TPSA) is 55.4 Å². The van der Waals surface area contributed by atoms with Crippen LogP contribution >= 0.6 is 0 Å². The molecule has 0 saturated heterocycles. The summed E-state index contributed by atoms with van der Waals surface area (Å²) in [5.74, 6) is -0.356. The highest BCUT2D eigenvalue weighted by atomic mass is 16.7. The third-order valence-corrected chi connectivity index (χ3v) is 3.71. The zero-order valence-electron chi connectivity index (χ0n) is 13.7. The van der Waals surface area contributed by atoms with Crippen LogP contribution in [0.2, 0.25) is 0 Å². The van der Waals surface area contributed by atoms with E-state index in [9.17, 15) is 9.59 Å². The van der Waals surface area contributed by atoms with Crippen molar-refractivity contribution in [3.8, 4) is 0 Å². The Kier molecular flexibility index (Phi) is 16.1. The Labute approximate surface area is 130 Å². The van der Waals surface area contributed by atoms with E-state index in [1.807, 2.05) is 5.48 Å². The van der Waals surface area contributed by atoms with Gasteiger partial charge in [0.1, 0.15) is 0 Å². The van der Waals surface area contributed by atoms with Crippen molar-refractivity contribution in [1.29, 1.82) is 0 Å². The van der Waals surface area contributed by atoms with Gasteiger partial charge in [-0.1, -0.05) is 84.0 Å². The van der Waals surface area contributed by atoms with Crippen LogP contribution in [-0.2, 0) is 14.4 Å². The Morgan fingerprint density at radius 3 is 1.67 bits per heavy atom. The number of hydroxylamine groups is 1. The Morgan fingerprint density at radius 2 is 1.24 bits per heavy atom. The molecule has 0 aliphatic carbocycles. The van der Waals surface area contributed by atoms with Crippen LogP contribution in [0.4, 0.5) is 0 Å². The summed E-state index contributed by atoms with van der Waals surface area (Å²) in [6.45, 7) is 2.25. The van der Waals surface area contributed by atoms with E-state index in [1.54, 1.807) is 0 Å². The van der Waals surface area contributed by atoms with E-state index >= 15 is 0 Å². The minimum absolute atomic E-state index is 0.356. The molecule has 0 unspecified atom stereocenters. The summed E-state index contributed by atoms with van der Waals surface area (Å²) in [6.07, 6.45) is 17.4. The van der Waals surface area contributed by atoms with Crippen molar-refractivity contribution in [2.24, 2.45) is 0 Å². The lowest BCUT2D eigenvalue weighted by Crippen LogP contribution is -2.17. The first-order valence-electron chi connectivity index (χ1n) is 8.70. The molecule has 0 aromatic carbocycles. The molecule has 0 aromatic heterocycles. The Bertz CT molecular complexity index is 244. The van der Waals surface area contributed by atoms with E-state index in [-0.39, 0.29) is 5.97 Å². The van der Waals surface area contributed by atoms with Crippen molar-refractivity contribution in [2.45, 2.75) is 96.8 Å². The lowest BCUT2D eigenvalue weighted by molar-refractivity contribution is -0.154. The summed E-state index contributed by atoms with van der Waals surface area (Å²) in [7, 11) is 0. The summed E-state index contributed by atoms with van der Waals surface area (Å²) in [5.41, 5.74) is 1.91. The molecule has 4 nitrogen and oxygen atoms in total. The summed E-state index contributed by atoms with van der Waals surface area (Å²) >= 11 is 0. The average Bonchev–Trinajstić information content (AvgIpc) is 2.49. The van der Waals surface area contributed by atoms with Crippen LogP contribution in [0.1, 0.15) is 96.8 Å². The molecule has 21 heavy (non-hydrogen) atoms. The largest absolute Gasteiger partial charge is 0.341 e. The first kappa shape index (κ1) is 19.9. The molecule has 0 heterocycles. The molecule has 0 radical (unpaired) electrons. The molecule has 0 aliphatic heterocycles. The molecule has 0 atom stereocenters. The van der Waals surface area contributed by atoms with E-state index in [0.29, 0.717) is 12.8 Å². The number of nitrogens with one attached hydrogen (secondary N) is 1. The predicted molar refractivity (Wildman–Crippen MR) is 85.6 cm³/mol. The fourth-order valence-electron chi connectivity index (χ4n) is 2.43. The van der Waals surface area contributed by atoms with E-state index in [4.69, 9.17) is 0 Å². The number of carbonyl (C=O) groups excluding carboxylic acids is 2. The Hall–Kier alpha value is -1.06. The van der Waals surface area contributed by atoms with Crippen molar-refractivity contribution in [2.75, 3.05) is 0 Å². The molecular weight excluding hydrogens is 266 g/mol. The molecular formula is C17H33NO3. The summed E-state index contributed by atoms with van der Waals surface area (Å²) in [6, 6.07) is 0. The normalized spacial score (nSPS) is 10.3. The maximum Gasteiger partial charge on any atom is 0.332 e. The van der Waals surface area contributed by atoms with Gasteiger partial charge in [-0.15, -0.1) is 0 Å². The highest BCUT2D eigenvalue weighted by Crippen LogP contribution is 2.12. The van der Waals surface area contributed by atoms with Gasteiger partial charge in [-0.2, -0.15) is 5.48 Å². The standard InChI is InChI=1S/C17H33NO3/c1-2-3-4-5-6-7-8-9-10-11-12-13-14-15-17(20)21-18-16-19/h16H,2-15H2,1H3,(H,18,19). The van der Waals surface area contributed by atoms with Crippen molar-refractivity contribution >= 4 is 12.4 Å². The molecule has 0 aliphatic rings. The van der Waals surface area contributed by atoms with Gasteiger partial charge in [-0.3, -0.25) is 4.79 Å². The zero-order chi connectivity index (χ0) is 15.6. The number of amides is 1. The molecule has 0 rings (SSSR count). The van der Waals surface area contributed by atoms with Crippen LogP contribution in [0.5, 0.6) is 0 Å². The van der Waals surface area contributed by atoms with Crippen LogP contribution in [0, 0.1) is 0 Å². The molecule has 1 N–H and O–H groups in total. The van der Waals surface area contributed by atoms with Gasteiger partial charge in [-0.25, -0.2) is 4.79 Å². The molecule has 124 valence electrons. The van der Waals surface area contributed by atoms with Crippen molar-refractivity contribution in [3.05, 3.63) is 0 Å². The summed E-state index contributed by atoms with van der Waals surface area (Å²) in [4.78, 5) is 25.4. The minimum Gasteiger partial charge on any atom is -0.341 e. The number of carbonyl (C=O) groups is 2. The summed E-state index contributed by atoms with van der Waals surface area (Å²) in [5, 5.41) is 0. The van der Waals surface area contributed by atoms with Gasteiger partial charge >= 0.3 is 5.97 Å². The minimum atomic E-state index is -0.356. The second-order valence-corrected chi connectivity index (χ2v) is 5.70. The number of hydrogen-bond donors (Lipinski definition) is 1. The monoisotopic (exact) mass is 299 g/mol. The maximum atomic E-state index is 11.1. The van der Waals surface area contributed by atoms with Crippen molar-refractivity contribution in [1.82, 2.24) is 5.48 Å². The van der Waals surface area contributed by atoms with E-state index < -0.39 is 0 Å². The van der Waals surface area contributed by atoms with Gasteiger partial charge in [0.05, 0.1) is 0 Å². The predicted octanol–water partition coefficient (Wildman–Crippen LogP) is 4.67. The smallest absolute Gasteiger partial charge is 0.332 e. The molecule has 0 bridgehead atoms. The zero-order valence-corrected chi connectivity index (χ0v) is 13.7. The summed E-state index contributed by atoms with van der Waals surface area (Å²) < 4.78 is 0. The van der Waals surface area contributed by atoms with Gasteiger partial charge in [-0.05, 0) is 6.42 Å². The number of hydrogen-bond acceptors (Lipinski definition) is 3. The second-order valence-electron chi connectivity index (χ2n) is 5.70.